The van der Waals surface area contributed by atoms with Crippen molar-refractivity contribution < 1.29 is 13.2 Å². The van der Waals surface area contributed by atoms with E-state index in [4.69, 9.17) is 16.6 Å². The number of para-hydroxylation sites is 1. The molecule has 4 aromatic rings. The lowest BCUT2D eigenvalue weighted by Crippen LogP contribution is -2.48. The van der Waals surface area contributed by atoms with Crippen molar-refractivity contribution in [1.82, 2.24) is 19.5 Å². The second-order valence-electron chi connectivity index (χ2n) is 9.61. The Labute approximate surface area is 244 Å². The molecular formula is C29H32ClN5O3S2. The van der Waals surface area contributed by atoms with Crippen molar-refractivity contribution in [2.45, 2.75) is 18.4 Å². The van der Waals surface area contributed by atoms with Crippen molar-refractivity contribution >= 4 is 54.2 Å². The molecule has 2 heterocycles. The zero-order chi connectivity index (χ0) is 28.1. The lowest BCUT2D eigenvalue weighted by Gasteiger charge is -2.34. The van der Waals surface area contributed by atoms with E-state index in [1.165, 1.54) is 16.4 Å². The van der Waals surface area contributed by atoms with E-state index in [1.54, 1.807) is 23.5 Å². The average Bonchev–Trinajstić information content (AvgIpc) is 3.42. The van der Waals surface area contributed by atoms with Crippen LogP contribution in [0.15, 0.2) is 77.7 Å². The summed E-state index contributed by atoms with van der Waals surface area (Å²) < 4.78 is 28.9. The topological polar surface area (TPSA) is 85.8 Å². The summed E-state index contributed by atoms with van der Waals surface area (Å²) in [5, 5.41) is 4.63. The van der Waals surface area contributed by atoms with E-state index >= 15 is 0 Å². The van der Waals surface area contributed by atoms with Gasteiger partial charge in [0.2, 0.25) is 10.0 Å². The molecule has 0 atom stereocenters. The van der Waals surface area contributed by atoms with Gasteiger partial charge in [-0.1, -0.05) is 66.3 Å². The van der Waals surface area contributed by atoms with Crippen molar-refractivity contribution in [1.29, 1.82) is 0 Å². The second-order valence-corrected chi connectivity index (χ2v) is 13.0. The molecule has 0 saturated carbocycles. The summed E-state index contributed by atoms with van der Waals surface area (Å²) >= 11 is 7.95. The Morgan fingerprint density at radius 1 is 1.00 bits per heavy atom. The van der Waals surface area contributed by atoms with Gasteiger partial charge in [0.05, 0.1) is 14.6 Å². The maximum atomic E-state index is 13.2. The number of carbonyl (C=O) groups excluding carboxylic acids is 1. The smallest absolute Gasteiger partial charge is 0.251 e. The number of fused-ring (bicyclic) bond motifs is 1. The summed E-state index contributed by atoms with van der Waals surface area (Å²) in [6.07, 6.45) is 0. The fourth-order valence-electron chi connectivity index (χ4n) is 4.71. The van der Waals surface area contributed by atoms with Gasteiger partial charge in [-0.05, 0) is 42.0 Å². The second kappa shape index (κ2) is 12.7. The number of halogens is 1. The minimum absolute atomic E-state index is 0.176. The van der Waals surface area contributed by atoms with E-state index in [0.29, 0.717) is 30.2 Å². The minimum atomic E-state index is -3.68. The minimum Gasteiger partial charge on any atom is -0.351 e. The molecule has 1 fully saturated rings. The average molecular weight is 598 g/mol. The third-order valence-electron chi connectivity index (χ3n) is 7.02. The molecule has 1 aromatic heterocycles. The largest absolute Gasteiger partial charge is 0.351 e. The van der Waals surface area contributed by atoms with Crippen LogP contribution >= 0.6 is 22.9 Å². The molecule has 40 heavy (non-hydrogen) atoms. The number of amides is 1. The Balaban J connectivity index is 1.10. The van der Waals surface area contributed by atoms with Gasteiger partial charge in [-0.3, -0.25) is 9.69 Å². The number of aromatic nitrogens is 1. The van der Waals surface area contributed by atoms with Crippen LogP contribution in [-0.2, 0) is 16.6 Å². The first kappa shape index (κ1) is 28.5. The standard InChI is InChI=1S/C29H32ClN5O3S2/c1-2-35(21-22-7-4-3-5-8-22)40(37,38)24-13-11-23(12-14-24)28(36)31-15-16-33-17-19-34(20-18-33)29-32-27-25(30)9-6-10-26(27)39-29/h3-14H,2,15-21H2,1H3,(H,31,36). The zero-order valence-electron chi connectivity index (χ0n) is 22.3. The zero-order valence-corrected chi connectivity index (χ0v) is 24.7. The van der Waals surface area contributed by atoms with Crippen LogP contribution in [0.3, 0.4) is 0 Å². The molecule has 0 spiro atoms. The number of carbonyl (C=O) groups is 1. The third kappa shape index (κ3) is 6.47. The number of hydrogen-bond donors (Lipinski definition) is 1. The number of anilines is 1. The van der Waals surface area contributed by atoms with Crippen LogP contribution in [0.2, 0.25) is 5.02 Å². The lowest BCUT2D eigenvalue weighted by molar-refractivity contribution is 0.0947. The van der Waals surface area contributed by atoms with E-state index < -0.39 is 10.0 Å². The van der Waals surface area contributed by atoms with E-state index in [9.17, 15) is 13.2 Å². The number of benzene rings is 3. The summed E-state index contributed by atoms with van der Waals surface area (Å²) in [5.74, 6) is -0.217. The molecule has 0 bridgehead atoms. The molecule has 5 rings (SSSR count). The number of hydrogen-bond acceptors (Lipinski definition) is 7. The van der Waals surface area contributed by atoms with Crippen molar-refractivity contribution in [3.05, 3.63) is 88.9 Å². The molecule has 0 aliphatic carbocycles. The molecule has 0 radical (unpaired) electrons. The number of rotatable bonds is 10. The molecule has 1 N–H and O–H groups in total. The van der Waals surface area contributed by atoms with Crippen molar-refractivity contribution in [2.24, 2.45) is 0 Å². The van der Waals surface area contributed by atoms with Gasteiger partial charge in [0.25, 0.3) is 5.91 Å². The summed E-state index contributed by atoms with van der Waals surface area (Å²) in [5.41, 5.74) is 2.21. The molecule has 1 amide bonds. The maximum absolute atomic E-state index is 13.2. The van der Waals surface area contributed by atoms with Gasteiger partial charge in [-0.2, -0.15) is 4.31 Å². The summed E-state index contributed by atoms with van der Waals surface area (Å²) in [7, 11) is -3.68. The van der Waals surface area contributed by atoms with Crippen LogP contribution < -0.4 is 10.2 Å². The van der Waals surface area contributed by atoms with Gasteiger partial charge < -0.3 is 10.2 Å². The summed E-state index contributed by atoms with van der Waals surface area (Å²) in [4.78, 5) is 22.2. The monoisotopic (exact) mass is 597 g/mol. The Kier molecular flexibility index (Phi) is 9.02. The Bertz CT molecular complexity index is 1550. The molecule has 1 aliphatic heterocycles. The fourth-order valence-corrected chi connectivity index (χ4v) is 7.47. The molecule has 8 nitrogen and oxygen atoms in total. The predicted octanol–water partition coefficient (Wildman–Crippen LogP) is 4.71. The van der Waals surface area contributed by atoms with Crippen LogP contribution in [0.25, 0.3) is 10.2 Å². The van der Waals surface area contributed by atoms with Crippen molar-refractivity contribution in [3.63, 3.8) is 0 Å². The molecule has 3 aromatic carbocycles. The molecule has 1 saturated heterocycles. The SMILES string of the molecule is CCN(Cc1ccccc1)S(=O)(=O)c1ccc(C(=O)NCCN2CCN(c3nc4c(Cl)cccc4s3)CC2)cc1. The number of thiazole rings is 1. The Morgan fingerprint density at radius 2 is 1.73 bits per heavy atom. The Hall–Kier alpha value is -3.02. The highest BCUT2D eigenvalue weighted by Gasteiger charge is 2.24. The summed E-state index contributed by atoms with van der Waals surface area (Å²) in [6, 6.07) is 21.5. The van der Waals surface area contributed by atoms with Gasteiger partial charge in [0.1, 0.15) is 5.52 Å². The van der Waals surface area contributed by atoms with E-state index in [0.717, 1.165) is 53.6 Å². The first-order valence-corrected chi connectivity index (χ1v) is 15.9. The van der Waals surface area contributed by atoms with Crippen LogP contribution in [0.5, 0.6) is 0 Å². The van der Waals surface area contributed by atoms with Crippen LogP contribution in [0.4, 0.5) is 5.13 Å². The quantitative estimate of drug-likeness (QED) is 0.285. The first-order chi connectivity index (χ1) is 19.3. The van der Waals surface area contributed by atoms with Gasteiger partial charge in [-0.25, -0.2) is 13.4 Å². The molecule has 0 unspecified atom stereocenters. The van der Waals surface area contributed by atoms with Crippen molar-refractivity contribution in [2.75, 3.05) is 50.7 Å². The lowest BCUT2D eigenvalue weighted by atomic mass is 10.2. The van der Waals surface area contributed by atoms with E-state index in [2.05, 4.69) is 15.1 Å². The third-order valence-corrected chi connectivity index (χ3v) is 10.3. The molecule has 1 aliphatic rings. The molecule has 11 heteroatoms. The normalized spacial score (nSPS) is 14.6. The van der Waals surface area contributed by atoms with Gasteiger partial charge >= 0.3 is 0 Å². The number of nitrogens with one attached hydrogen (secondary N) is 1. The van der Waals surface area contributed by atoms with Crippen LogP contribution in [0, 0.1) is 0 Å². The fraction of sp³-hybridized carbons (Fsp3) is 0.310. The van der Waals surface area contributed by atoms with Gasteiger partial charge in [0, 0.05) is 57.9 Å². The van der Waals surface area contributed by atoms with Crippen LogP contribution in [-0.4, -0.2) is 74.3 Å². The number of nitrogens with zero attached hydrogens (tertiary/aromatic N) is 4. The maximum Gasteiger partial charge on any atom is 0.251 e. The van der Waals surface area contributed by atoms with Crippen LogP contribution in [0.1, 0.15) is 22.8 Å². The highest BCUT2D eigenvalue weighted by atomic mass is 35.5. The van der Waals surface area contributed by atoms with E-state index in [-0.39, 0.29) is 10.8 Å². The van der Waals surface area contributed by atoms with Gasteiger partial charge in [-0.15, -0.1) is 0 Å². The molecular weight excluding hydrogens is 566 g/mol. The Morgan fingerprint density at radius 3 is 2.40 bits per heavy atom. The summed E-state index contributed by atoms with van der Waals surface area (Å²) in [6.45, 7) is 7.19. The predicted molar refractivity (Wildman–Crippen MR) is 162 cm³/mol. The molecule has 210 valence electrons. The van der Waals surface area contributed by atoms with Crippen molar-refractivity contribution in [3.8, 4) is 0 Å². The highest BCUT2D eigenvalue weighted by molar-refractivity contribution is 7.89. The number of sulfonamides is 1. The highest BCUT2D eigenvalue weighted by Crippen LogP contribution is 2.33. The number of piperazine rings is 1. The first-order valence-electron chi connectivity index (χ1n) is 13.3. The van der Waals surface area contributed by atoms with E-state index in [1.807, 2.05) is 55.5 Å². The van der Waals surface area contributed by atoms with Gasteiger partial charge in [0.15, 0.2) is 5.13 Å².